The van der Waals surface area contributed by atoms with Crippen molar-refractivity contribution in [1.82, 2.24) is 0 Å². The molecule has 0 saturated carbocycles. The quantitative estimate of drug-likeness (QED) is 0.753. The average Bonchev–Trinajstić information content (AvgIpc) is 2.35. The van der Waals surface area contributed by atoms with Crippen molar-refractivity contribution >= 4 is 52.4 Å². The molecular weight excluding hydrogens is 337 g/mol. The summed E-state index contributed by atoms with van der Waals surface area (Å²) in [5.74, 6) is -1.67. The Morgan fingerprint density at radius 3 is 2.19 bits per heavy atom. The van der Waals surface area contributed by atoms with Crippen molar-refractivity contribution in [2.24, 2.45) is 11.3 Å². The van der Waals surface area contributed by atoms with Crippen molar-refractivity contribution < 1.29 is 14.7 Å². The molecule has 1 unspecified atom stereocenters. The molecule has 0 heterocycles. The van der Waals surface area contributed by atoms with Gasteiger partial charge in [0.05, 0.1) is 26.2 Å². The fourth-order valence-corrected chi connectivity index (χ4v) is 2.27. The van der Waals surface area contributed by atoms with Crippen LogP contribution in [0.5, 0.6) is 0 Å². The Labute approximate surface area is 138 Å². The maximum absolute atomic E-state index is 12.1. The second-order valence-corrected chi connectivity index (χ2v) is 6.57. The third kappa shape index (κ3) is 4.25. The van der Waals surface area contributed by atoms with Crippen LogP contribution < -0.4 is 5.32 Å². The van der Waals surface area contributed by atoms with Crippen molar-refractivity contribution in [3.8, 4) is 0 Å². The van der Waals surface area contributed by atoms with E-state index in [0.29, 0.717) is 5.69 Å². The normalized spacial score (nSPS) is 13.9. The van der Waals surface area contributed by atoms with Crippen molar-refractivity contribution in [2.75, 3.05) is 5.32 Å². The molecule has 1 atom stereocenters. The van der Waals surface area contributed by atoms with Gasteiger partial charge in [-0.2, -0.15) is 0 Å². The zero-order valence-corrected chi connectivity index (χ0v) is 14.1. The monoisotopic (exact) mass is 351 g/mol. The molecule has 0 aliphatic carbocycles. The van der Waals surface area contributed by atoms with Crippen molar-refractivity contribution in [2.45, 2.75) is 27.2 Å². The number of anilines is 1. The Morgan fingerprint density at radius 2 is 1.71 bits per heavy atom. The molecular formula is C14H16Cl3NO3. The van der Waals surface area contributed by atoms with Gasteiger partial charge in [-0.05, 0) is 25.0 Å². The van der Waals surface area contributed by atoms with Gasteiger partial charge in [-0.15, -0.1) is 0 Å². The lowest BCUT2D eigenvalue weighted by Gasteiger charge is -2.28. The van der Waals surface area contributed by atoms with Crippen LogP contribution in [0.1, 0.15) is 27.2 Å². The van der Waals surface area contributed by atoms with E-state index in [9.17, 15) is 14.7 Å². The van der Waals surface area contributed by atoms with E-state index in [4.69, 9.17) is 34.8 Å². The largest absolute Gasteiger partial charge is 0.481 e. The van der Waals surface area contributed by atoms with E-state index in [-0.39, 0.29) is 27.4 Å². The average molecular weight is 353 g/mol. The highest BCUT2D eigenvalue weighted by Gasteiger charge is 2.38. The van der Waals surface area contributed by atoms with E-state index < -0.39 is 17.3 Å². The van der Waals surface area contributed by atoms with Gasteiger partial charge in [-0.1, -0.05) is 48.7 Å². The molecule has 1 amide bonds. The van der Waals surface area contributed by atoms with Crippen LogP contribution in [0.2, 0.25) is 15.1 Å². The fraction of sp³-hybridized carbons (Fsp3) is 0.429. The van der Waals surface area contributed by atoms with E-state index >= 15 is 0 Å². The summed E-state index contributed by atoms with van der Waals surface area (Å²) in [7, 11) is 0. The van der Waals surface area contributed by atoms with E-state index in [0.717, 1.165) is 0 Å². The molecule has 0 aliphatic heterocycles. The second kappa shape index (κ2) is 6.86. The zero-order valence-electron chi connectivity index (χ0n) is 11.8. The Bertz CT molecular complexity index is 575. The van der Waals surface area contributed by atoms with Crippen LogP contribution in [0.25, 0.3) is 0 Å². The lowest BCUT2D eigenvalue weighted by molar-refractivity contribution is -0.153. The summed E-state index contributed by atoms with van der Waals surface area (Å²) >= 11 is 17.6. The van der Waals surface area contributed by atoms with Crippen molar-refractivity contribution in [1.29, 1.82) is 0 Å². The summed E-state index contributed by atoms with van der Waals surface area (Å²) < 4.78 is 0. The molecule has 1 aromatic rings. The third-order valence-corrected chi connectivity index (χ3v) is 4.61. The fourth-order valence-electron chi connectivity index (χ4n) is 1.67. The Kier molecular flexibility index (Phi) is 5.91. The van der Waals surface area contributed by atoms with E-state index in [2.05, 4.69) is 5.32 Å². The van der Waals surface area contributed by atoms with Gasteiger partial charge < -0.3 is 10.4 Å². The molecule has 0 fully saturated rings. The zero-order chi connectivity index (χ0) is 16.4. The molecule has 2 N–H and O–H groups in total. The molecule has 1 rings (SSSR count). The smallest absolute Gasteiger partial charge is 0.310 e. The first-order valence-electron chi connectivity index (χ1n) is 6.25. The number of rotatable bonds is 5. The van der Waals surface area contributed by atoms with Gasteiger partial charge in [0.1, 0.15) is 0 Å². The van der Waals surface area contributed by atoms with Crippen LogP contribution in [0.15, 0.2) is 12.1 Å². The number of carbonyl (C=O) groups excluding carboxylic acids is 1. The van der Waals surface area contributed by atoms with Crippen LogP contribution in [0.4, 0.5) is 5.69 Å². The summed E-state index contributed by atoms with van der Waals surface area (Å²) in [6.07, 6.45) is -0.170. The Balaban J connectivity index is 2.92. The van der Waals surface area contributed by atoms with Crippen LogP contribution in [-0.2, 0) is 9.59 Å². The van der Waals surface area contributed by atoms with Gasteiger partial charge in [-0.25, -0.2) is 0 Å². The molecule has 7 heteroatoms. The summed E-state index contributed by atoms with van der Waals surface area (Å²) in [6, 6.07) is 2.84. The Morgan fingerprint density at radius 1 is 1.19 bits per heavy atom. The molecule has 116 valence electrons. The maximum Gasteiger partial charge on any atom is 0.310 e. The minimum Gasteiger partial charge on any atom is -0.481 e. The summed E-state index contributed by atoms with van der Waals surface area (Å²) in [6.45, 7) is 5.05. The molecule has 1 aromatic carbocycles. The number of carbonyl (C=O) groups is 2. The molecule has 0 aliphatic rings. The third-order valence-electron chi connectivity index (χ3n) is 3.57. The molecule has 0 aromatic heterocycles. The predicted molar refractivity (Wildman–Crippen MR) is 85.3 cm³/mol. The number of amides is 1. The van der Waals surface area contributed by atoms with E-state index in [1.54, 1.807) is 13.8 Å². The SMILES string of the molecule is CC(C)C(C)(CC(=O)Nc1cc(Cl)c(Cl)cc1Cl)C(=O)O. The molecule has 4 nitrogen and oxygen atoms in total. The minimum atomic E-state index is -1.16. The van der Waals surface area contributed by atoms with Gasteiger partial charge >= 0.3 is 5.97 Å². The van der Waals surface area contributed by atoms with Crippen molar-refractivity contribution in [3.63, 3.8) is 0 Å². The number of hydrogen-bond acceptors (Lipinski definition) is 2. The van der Waals surface area contributed by atoms with Gasteiger partial charge in [0.2, 0.25) is 5.91 Å². The van der Waals surface area contributed by atoms with Gasteiger partial charge in [0, 0.05) is 6.42 Å². The molecule has 0 spiro atoms. The summed E-state index contributed by atoms with van der Waals surface area (Å²) in [5.41, 5.74) is -0.861. The lowest BCUT2D eigenvalue weighted by Crippen LogP contribution is -2.37. The highest BCUT2D eigenvalue weighted by Crippen LogP contribution is 2.34. The van der Waals surface area contributed by atoms with Gasteiger partial charge in [-0.3, -0.25) is 9.59 Å². The van der Waals surface area contributed by atoms with Gasteiger partial charge in [0.15, 0.2) is 0 Å². The maximum atomic E-state index is 12.1. The first kappa shape index (κ1) is 18.1. The van der Waals surface area contributed by atoms with E-state index in [1.807, 2.05) is 0 Å². The van der Waals surface area contributed by atoms with Crippen LogP contribution in [0.3, 0.4) is 0 Å². The van der Waals surface area contributed by atoms with Gasteiger partial charge in [0.25, 0.3) is 0 Å². The van der Waals surface area contributed by atoms with Crippen molar-refractivity contribution in [3.05, 3.63) is 27.2 Å². The van der Waals surface area contributed by atoms with Crippen LogP contribution >= 0.6 is 34.8 Å². The number of halogens is 3. The first-order valence-corrected chi connectivity index (χ1v) is 7.39. The topological polar surface area (TPSA) is 66.4 Å². The molecule has 0 saturated heterocycles. The standard InChI is InChI=1S/C14H16Cl3NO3/c1-7(2)14(3,13(20)21)6-12(19)18-11-5-9(16)8(15)4-10(11)17/h4-5,7H,6H2,1-3H3,(H,18,19)(H,20,21). The number of aliphatic carboxylic acids is 1. The molecule has 21 heavy (non-hydrogen) atoms. The first-order chi connectivity index (χ1) is 9.57. The number of hydrogen-bond donors (Lipinski definition) is 2. The highest BCUT2D eigenvalue weighted by atomic mass is 35.5. The lowest BCUT2D eigenvalue weighted by atomic mass is 9.76. The van der Waals surface area contributed by atoms with Crippen LogP contribution in [-0.4, -0.2) is 17.0 Å². The minimum absolute atomic E-state index is 0.170. The highest BCUT2D eigenvalue weighted by molar-refractivity contribution is 6.44. The molecule has 0 radical (unpaired) electrons. The number of carboxylic acids is 1. The molecule has 0 bridgehead atoms. The number of benzene rings is 1. The summed E-state index contributed by atoms with van der Waals surface area (Å²) in [5, 5.41) is 12.6. The predicted octanol–water partition coefficient (Wildman–Crippen LogP) is 4.72. The second-order valence-electron chi connectivity index (χ2n) is 5.35. The summed E-state index contributed by atoms with van der Waals surface area (Å²) in [4.78, 5) is 23.4. The Hall–Kier alpha value is -0.970. The number of carboxylic acid groups (broad SMARTS) is 1. The van der Waals surface area contributed by atoms with E-state index in [1.165, 1.54) is 19.1 Å². The van der Waals surface area contributed by atoms with Crippen LogP contribution in [0, 0.1) is 11.3 Å². The number of nitrogens with one attached hydrogen (secondary N) is 1.